The molecule has 20 heavy (non-hydrogen) atoms. The highest BCUT2D eigenvalue weighted by Crippen LogP contribution is 2.35. The van der Waals surface area contributed by atoms with Crippen LogP contribution >= 0.6 is 0 Å². The van der Waals surface area contributed by atoms with Gasteiger partial charge in [-0.3, -0.25) is 4.79 Å². The first-order chi connectivity index (χ1) is 9.74. The molecule has 0 N–H and O–H groups in total. The molecule has 1 aliphatic carbocycles. The summed E-state index contributed by atoms with van der Waals surface area (Å²) >= 11 is 0. The number of carbonyl (C=O) groups is 1. The van der Waals surface area contributed by atoms with Crippen molar-refractivity contribution < 1.29 is 4.79 Å². The van der Waals surface area contributed by atoms with Gasteiger partial charge < -0.3 is 0 Å². The van der Waals surface area contributed by atoms with E-state index in [1.54, 1.807) is 0 Å². The lowest BCUT2D eigenvalue weighted by Gasteiger charge is -2.27. The Bertz CT molecular complexity index is 418. The number of hydrogen-bond donors (Lipinski definition) is 0. The van der Waals surface area contributed by atoms with Gasteiger partial charge in [0.15, 0.2) is 0 Å². The summed E-state index contributed by atoms with van der Waals surface area (Å²) in [6, 6.07) is 8.77. The van der Waals surface area contributed by atoms with E-state index in [9.17, 15) is 4.79 Å². The maximum absolute atomic E-state index is 12.4. The second kappa shape index (κ2) is 7.61. The topological polar surface area (TPSA) is 17.1 Å². The molecular formula is C19H28O. The van der Waals surface area contributed by atoms with Crippen LogP contribution < -0.4 is 0 Å². The minimum Gasteiger partial charge on any atom is -0.299 e. The van der Waals surface area contributed by atoms with Gasteiger partial charge in [0.25, 0.3) is 0 Å². The average molecular weight is 272 g/mol. The third-order valence-electron chi connectivity index (χ3n) is 4.63. The summed E-state index contributed by atoms with van der Waals surface area (Å²) in [5.41, 5.74) is 2.63. The van der Waals surface area contributed by atoms with Crippen molar-refractivity contribution in [3.05, 3.63) is 35.4 Å². The molecule has 1 aliphatic rings. The van der Waals surface area contributed by atoms with Crippen LogP contribution in [-0.4, -0.2) is 5.78 Å². The van der Waals surface area contributed by atoms with E-state index in [0.717, 1.165) is 19.3 Å². The number of rotatable bonds is 6. The van der Waals surface area contributed by atoms with Crippen LogP contribution in [0.25, 0.3) is 0 Å². The maximum Gasteiger partial charge on any atom is 0.140 e. The fourth-order valence-electron chi connectivity index (χ4n) is 3.39. The second-order valence-corrected chi connectivity index (χ2v) is 6.30. The van der Waals surface area contributed by atoms with Crippen LogP contribution in [0.2, 0.25) is 0 Å². The fraction of sp³-hybridized carbons (Fsp3) is 0.632. The zero-order valence-corrected chi connectivity index (χ0v) is 13.0. The molecule has 0 unspecified atom stereocenters. The minimum atomic E-state index is 0.170. The van der Waals surface area contributed by atoms with Crippen molar-refractivity contribution in [3.8, 4) is 0 Å². The van der Waals surface area contributed by atoms with E-state index in [1.165, 1.54) is 43.2 Å². The Hall–Kier alpha value is -1.11. The lowest BCUT2D eigenvalue weighted by molar-refractivity contribution is -0.123. The van der Waals surface area contributed by atoms with Crippen LogP contribution in [0.5, 0.6) is 0 Å². The Morgan fingerprint density at radius 2 is 1.80 bits per heavy atom. The molecule has 0 saturated heterocycles. The lowest BCUT2D eigenvalue weighted by atomic mass is 9.76. The van der Waals surface area contributed by atoms with E-state index >= 15 is 0 Å². The summed E-state index contributed by atoms with van der Waals surface area (Å²) in [7, 11) is 0. The van der Waals surface area contributed by atoms with Crippen LogP contribution in [-0.2, 0) is 11.2 Å². The normalized spacial score (nSPS) is 23.0. The van der Waals surface area contributed by atoms with Gasteiger partial charge in [-0.05, 0) is 36.3 Å². The standard InChI is InChI=1S/C19H28O/c1-3-5-7-16-10-13-18(19(20)14-16)17-11-8-15(6-4-2)9-12-17/h8-9,11-12,16,18H,3-7,10,13-14H2,1-2H3/t16-,18+/m1/s1. The Balaban J connectivity index is 1.95. The van der Waals surface area contributed by atoms with Crippen molar-refractivity contribution in [1.29, 1.82) is 0 Å². The molecule has 1 saturated carbocycles. The summed E-state index contributed by atoms with van der Waals surface area (Å²) in [5, 5.41) is 0. The molecule has 0 radical (unpaired) electrons. The maximum atomic E-state index is 12.4. The summed E-state index contributed by atoms with van der Waals surface area (Å²) in [5.74, 6) is 1.29. The summed E-state index contributed by atoms with van der Waals surface area (Å²) in [4.78, 5) is 12.4. The smallest absolute Gasteiger partial charge is 0.140 e. The lowest BCUT2D eigenvalue weighted by Crippen LogP contribution is -2.23. The van der Waals surface area contributed by atoms with E-state index in [4.69, 9.17) is 0 Å². The largest absolute Gasteiger partial charge is 0.299 e. The van der Waals surface area contributed by atoms with Crippen LogP contribution in [0.4, 0.5) is 0 Å². The fourth-order valence-corrected chi connectivity index (χ4v) is 3.39. The van der Waals surface area contributed by atoms with Gasteiger partial charge in [0.05, 0.1) is 0 Å². The van der Waals surface area contributed by atoms with E-state index in [-0.39, 0.29) is 5.92 Å². The summed E-state index contributed by atoms with van der Waals surface area (Å²) in [6.45, 7) is 4.43. The molecule has 2 rings (SSSR count). The first-order valence-corrected chi connectivity index (χ1v) is 8.36. The van der Waals surface area contributed by atoms with Gasteiger partial charge in [-0.2, -0.15) is 0 Å². The number of Topliss-reactive ketones (excluding diaryl/α,β-unsaturated/α-hetero) is 1. The van der Waals surface area contributed by atoms with E-state index in [1.807, 2.05) is 0 Å². The van der Waals surface area contributed by atoms with Crippen LogP contribution in [0.1, 0.15) is 75.8 Å². The second-order valence-electron chi connectivity index (χ2n) is 6.30. The molecule has 110 valence electrons. The SMILES string of the molecule is CCCC[C@@H]1CC[C@@H](c2ccc(CCC)cc2)C(=O)C1. The zero-order chi connectivity index (χ0) is 14.4. The van der Waals surface area contributed by atoms with Crippen LogP contribution in [0, 0.1) is 5.92 Å². The molecule has 1 fully saturated rings. The van der Waals surface area contributed by atoms with Gasteiger partial charge in [-0.1, -0.05) is 63.8 Å². The molecule has 2 atom stereocenters. The van der Waals surface area contributed by atoms with Gasteiger partial charge in [0.2, 0.25) is 0 Å². The number of hydrogen-bond acceptors (Lipinski definition) is 1. The third kappa shape index (κ3) is 3.94. The van der Waals surface area contributed by atoms with Gasteiger partial charge in [-0.25, -0.2) is 0 Å². The number of unbranched alkanes of at least 4 members (excludes halogenated alkanes) is 1. The molecule has 1 aromatic carbocycles. The number of carbonyl (C=O) groups excluding carboxylic acids is 1. The van der Waals surface area contributed by atoms with Gasteiger partial charge >= 0.3 is 0 Å². The Kier molecular flexibility index (Phi) is 5.82. The molecule has 0 heterocycles. The number of benzene rings is 1. The van der Waals surface area contributed by atoms with E-state index in [2.05, 4.69) is 38.1 Å². The minimum absolute atomic E-state index is 0.170. The van der Waals surface area contributed by atoms with Gasteiger partial charge in [-0.15, -0.1) is 0 Å². The Labute approximate surface area is 123 Å². The van der Waals surface area contributed by atoms with Gasteiger partial charge in [0.1, 0.15) is 5.78 Å². The number of aryl methyl sites for hydroxylation is 1. The summed E-state index contributed by atoms with van der Waals surface area (Å²) < 4.78 is 0. The highest BCUT2D eigenvalue weighted by atomic mass is 16.1. The van der Waals surface area contributed by atoms with E-state index in [0.29, 0.717) is 11.7 Å². The Morgan fingerprint density at radius 1 is 1.05 bits per heavy atom. The monoisotopic (exact) mass is 272 g/mol. The third-order valence-corrected chi connectivity index (χ3v) is 4.63. The molecule has 0 amide bonds. The highest BCUT2D eigenvalue weighted by molar-refractivity contribution is 5.86. The first-order valence-electron chi connectivity index (χ1n) is 8.36. The van der Waals surface area contributed by atoms with Crippen LogP contribution in [0.15, 0.2) is 24.3 Å². The molecular weight excluding hydrogens is 244 g/mol. The molecule has 1 heteroatoms. The van der Waals surface area contributed by atoms with E-state index < -0.39 is 0 Å². The molecule has 0 bridgehead atoms. The number of ketones is 1. The molecule has 1 aromatic rings. The first kappa shape index (κ1) is 15.3. The molecule has 0 aromatic heterocycles. The molecule has 0 aliphatic heterocycles. The predicted molar refractivity (Wildman–Crippen MR) is 85.1 cm³/mol. The molecule has 1 nitrogen and oxygen atoms in total. The van der Waals surface area contributed by atoms with Crippen molar-refractivity contribution in [3.63, 3.8) is 0 Å². The van der Waals surface area contributed by atoms with Crippen molar-refractivity contribution in [2.24, 2.45) is 5.92 Å². The van der Waals surface area contributed by atoms with Crippen molar-refractivity contribution in [2.75, 3.05) is 0 Å². The Morgan fingerprint density at radius 3 is 2.40 bits per heavy atom. The highest BCUT2D eigenvalue weighted by Gasteiger charge is 2.29. The summed E-state index contributed by atoms with van der Waals surface area (Å²) in [6.07, 6.45) is 9.17. The molecule has 0 spiro atoms. The van der Waals surface area contributed by atoms with Gasteiger partial charge in [0, 0.05) is 12.3 Å². The average Bonchev–Trinajstić information content (AvgIpc) is 2.47. The van der Waals surface area contributed by atoms with Crippen molar-refractivity contribution in [2.45, 2.75) is 71.1 Å². The van der Waals surface area contributed by atoms with Crippen molar-refractivity contribution >= 4 is 5.78 Å². The van der Waals surface area contributed by atoms with Crippen molar-refractivity contribution in [1.82, 2.24) is 0 Å². The zero-order valence-electron chi connectivity index (χ0n) is 13.0. The van der Waals surface area contributed by atoms with Crippen LogP contribution in [0.3, 0.4) is 0 Å². The quantitative estimate of drug-likeness (QED) is 0.688. The predicted octanol–water partition coefficient (Wildman–Crippen LogP) is 5.28.